The molecule has 5 nitrogen and oxygen atoms in total. The lowest BCUT2D eigenvalue weighted by molar-refractivity contribution is 0.407. The van der Waals surface area contributed by atoms with E-state index >= 15 is 0 Å². The summed E-state index contributed by atoms with van der Waals surface area (Å²) in [6, 6.07) is 8.24. The van der Waals surface area contributed by atoms with Crippen LogP contribution in [0.1, 0.15) is 42.1 Å². The van der Waals surface area contributed by atoms with E-state index in [-0.39, 0.29) is 0 Å². The summed E-state index contributed by atoms with van der Waals surface area (Å²) >= 11 is 1.48. The standard InChI is InChI=1S/C20H23N3O2S/c1-12(2)15-6-8-16(9-7-15)19-22-23-20(25-19)26-11-17-14(4)18(24-5)13(3)10-21-17/h6-10,12H,11H2,1-5H3. The topological polar surface area (TPSA) is 61.0 Å². The Morgan fingerprint density at radius 1 is 1.12 bits per heavy atom. The van der Waals surface area contributed by atoms with Crippen molar-refractivity contribution in [3.63, 3.8) is 0 Å². The highest BCUT2D eigenvalue weighted by molar-refractivity contribution is 7.98. The molecule has 0 amide bonds. The first-order valence-electron chi connectivity index (χ1n) is 8.55. The molecule has 26 heavy (non-hydrogen) atoms. The van der Waals surface area contributed by atoms with Gasteiger partial charge >= 0.3 is 0 Å². The fourth-order valence-corrected chi connectivity index (χ4v) is 3.53. The Morgan fingerprint density at radius 3 is 2.50 bits per heavy atom. The van der Waals surface area contributed by atoms with E-state index in [1.807, 2.05) is 32.2 Å². The average molecular weight is 369 g/mol. The number of ether oxygens (including phenoxy) is 1. The van der Waals surface area contributed by atoms with Gasteiger partial charge in [-0.15, -0.1) is 10.2 Å². The molecule has 0 radical (unpaired) electrons. The maximum atomic E-state index is 5.79. The summed E-state index contributed by atoms with van der Waals surface area (Å²) in [5.74, 6) is 2.57. The lowest BCUT2D eigenvalue weighted by Crippen LogP contribution is -1.98. The van der Waals surface area contributed by atoms with Crippen LogP contribution in [0.2, 0.25) is 0 Å². The second-order valence-corrected chi connectivity index (χ2v) is 7.41. The molecule has 0 unspecified atom stereocenters. The second-order valence-electron chi connectivity index (χ2n) is 6.48. The molecule has 0 fully saturated rings. The number of thioether (sulfide) groups is 1. The predicted octanol–water partition coefficient (Wildman–Crippen LogP) is 5.17. The molecule has 1 aromatic carbocycles. The number of pyridine rings is 1. The van der Waals surface area contributed by atoms with Crippen molar-refractivity contribution in [3.05, 3.63) is 52.8 Å². The summed E-state index contributed by atoms with van der Waals surface area (Å²) < 4.78 is 11.2. The summed E-state index contributed by atoms with van der Waals surface area (Å²) in [6.07, 6.45) is 1.83. The highest BCUT2D eigenvalue weighted by Crippen LogP contribution is 2.30. The summed E-state index contributed by atoms with van der Waals surface area (Å²) in [4.78, 5) is 4.50. The van der Waals surface area contributed by atoms with Crippen LogP contribution < -0.4 is 4.74 Å². The lowest BCUT2D eigenvalue weighted by atomic mass is 10.0. The first-order valence-corrected chi connectivity index (χ1v) is 9.54. The van der Waals surface area contributed by atoms with Crippen LogP contribution >= 0.6 is 11.8 Å². The third-order valence-electron chi connectivity index (χ3n) is 4.31. The Labute approximate surface area is 158 Å². The van der Waals surface area contributed by atoms with Crippen LogP contribution in [0.4, 0.5) is 0 Å². The van der Waals surface area contributed by atoms with Gasteiger partial charge < -0.3 is 9.15 Å². The molecule has 0 aliphatic heterocycles. The molecule has 0 aliphatic rings. The molecule has 3 aromatic rings. The number of hydrogen-bond acceptors (Lipinski definition) is 6. The van der Waals surface area contributed by atoms with E-state index in [0.717, 1.165) is 28.1 Å². The summed E-state index contributed by atoms with van der Waals surface area (Å²) in [5, 5.41) is 8.84. The Bertz CT molecular complexity index is 889. The number of nitrogens with zero attached hydrogens (tertiary/aromatic N) is 3. The molecule has 0 spiro atoms. The van der Waals surface area contributed by atoms with Gasteiger partial charge in [0.15, 0.2) is 0 Å². The van der Waals surface area contributed by atoms with E-state index in [4.69, 9.17) is 9.15 Å². The minimum absolute atomic E-state index is 0.500. The number of hydrogen-bond donors (Lipinski definition) is 0. The Morgan fingerprint density at radius 2 is 1.85 bits per heavy atom. The zero-order valence-electron chi connectivity index (χ0n) is 15.7. The zero-order valence-corrected chi connectivity index (χ0v) is 16.6. The Balaban J connectivity index is 1.71. The fourth-order valence-electron chi connectivity index (χ4n) is 2.74. The molecule has 0 bridgehead atoms. The van der Waals surface area contributed by atoms with E-state index < -0.39 is 0 Å². The molecule has 2 aromatic heterocycles. The van der Waals surface area contributed by atoms with E-state index in [9.17, 15) is 0 Å². The van der Waals surface area contributed by atoms with Crippen LogP contribution in [0, 0.1) is 13.8 Å². The molecular formula is C20H23N3O2S. The van der Waals surface area contributed by atoms with Gasteiger partial charge in [0, 0.05) is 28.6 Å². The van der Waals surface area contributed by atoms with Crippen LogP contribution in [0.15, 0.2) is 40.1 Å². The van der Waals surface area contributed by atoms with Crippen LogP contribution in [-0.4, -0.2) is 22.3 Å². The van der Waals surface area contributed by atoms with Crippen molar-refractivity contribution in [2.24, 2.45) is 0 Å². The average Bonchev–Trinajstić information content (AvgIpc) is 3.10. The third-order valence-corrected chi connectivity index (χ3v) is 5.14. The van der Waals surface area contributed by atoms with Gasteiger partial charge in [-0.05, 0) is 37.5 Å². The lowest BCUT2D eigenvalue weighted by Gasteiger charge is -2.11. The van der Waals surface area contributed by atoms with Crippen molar-refractivity contribution in [2.45, 2.75) is 44.6 Å². The SMILES string of the molecule is COc1c(C)cnc(CSc2nnc(-c3ccc(C(C)C)cc3)o2)c1C. The Kier molecular flexibility index (Phi) is 5.61. The number of aromatic nitrogens is 3. The third kappa shape index (κ3) is 3.90. The maximum Gasteiger partial charge on any atom is 0.277 e. The van der Waals surface area contributed by atoms with Crippen molar-refractivity contribution in [1.82, 2.24) is 15.2 Å². The summed E-state index contributed by atoms with van der Waals surface area (Å²) in [6.45, 7) is 8.36. The van der Waals surface area contributed by atoms with Crippen molar-refractivity contribution in [1.29, 1.82) is 0 Å². The van der Waals surface area contributed by atoms with Crippen LogP contribution in [0.3, 0.4) is 0 Å². The minimum atomic E-state index is 0.500. The monoisotopic (exact) mass is 369 g/mol. The molecule has 0 N–H and O–H groups in total. The first kappa shape index (κ1) is 18.5. The molecule has 0 atom stereocenters. The molecule has 0 saturated carbocycles. The molecule has 3 rings (SSSR count). The highest BCUT2D eigenvalue weighted by Gasteiger charge is 2.13. The van der Waals surface area contributed by atoms with E-state index in [0.29, 0.717) is 22.8 Å². The smallest absolute Gasteiger partial charge is 0.277 e. The van der Waals surface area contributed by atoms with Crippen LogP contribution in [0.5, 0.6) is 5.75 Å². The largest absolute Gasteiger partial charge is 0.496 e. The van der Waals surface area contributed by atoms with Gasteiger partial charge in [0.05, 0.1) is 12.8 Å². The van der Waals surface area contributed by atoms with Gasteiger partial charge in [0.25, 0.3) is 5.22 Å². The molecular weight excluding hydrogens is 346 g/mol. The van der Waals surface area contributed by atoms with Gasteiger partial charge in [0.1, 0.15) is 5.75 Å². The number of methoxy groups -OCH3 is 1. The van der Waals surface area contributed by atoms with E-state index in [1.54, 1.807) is 7.11 Å². The highest BCUT2D eigenvalue weighted by atomic mass is 32.2. The molecule has 0 saturated heterocycles. The van der Waals surface area contributed by atoms with Gasteiger partial charge in [-0.25, -0.2) is 0 Å². The van der Waals surface area contributed by atoms with E-state index in [1.165, 1.54) is 17.3 Å². The molecule has 6 heteroatoms. The van der Waals surface area contributed by atoms with Crippen molar-refractivity contribution in [2.75, 3.05) is 7.11 Å². The summed E-state index contributed by atoms with van der Waals surface area (Å²) in [5.41, 5.74) is 5.25. The van der Waals surface area contributed by atoms with Crippen molar-refractivity contribution in [3.8, 4) is 17.2 Å². The quantitative estimate of drug-likeness (QED) is 0.558. The molecule has 0 aliphatic carbocycles. The first-order chi connectivity index (χ1) is 12.5. The van der Waals surface area contributed by atoms with Crippen LogP contribution in [-0.2, 0) is 5.75 Å². The fraction of sp³-hybridized carbons (Fsp3) is 0.350. The summed E-state index contributed by atoms with van der Waals surface area (Å²) in [7, 11) is 1.68. The van der Waals surface area contributed by atoms with Gasteiger partial charge in [-0.2, -0.15) is 0 Å². The van der Waals surface area contributed by atoms with Gasteiger partial charge in [-0.3, -0.25) is 4.98 Å². The number of benzene rings is 1. The van der Waals surface area contributed by atoms with E-state index in [2.05, 4.69) is 41.2 Å². The van der Waals surface area contributed by atoms with Crippen molar-refractivity contribution >= 4 is 11.8 Å². The van der Waals surface area contributed by atoms with Crippen LogP contribution in [0.25, 0.3) is 11.5 Å². The van der Waals surface area contributed by atoms with Gasteiger partial charge in [-0.1, -0.05) is 37.7 Å². The second kappa shape index (κ2) is 7.91. The normalized spacial score (nSPS) is 11.2. The number of rotatable bonds is 6. The van der Waals surface area contributed by atoms with Gasteiger partial charge in [0.2, 0.25) is 5.89 Å². The molecule has 136 valence electrons. The number of aryl methyl sites for hydroxylation is 1. The zero-order chi connectivity index (χ0) is 18.7. The predicted molar refractivity (Wildman–Crippen MR) is 104 cm³/mol. The maximum absolute atomic E-state index is 5.79. The molecule has 2 heterocycles. The minimum Gasteiger partial charge on any atom is -0.496 e. The Hall–Kier alpha value is -2.34. The van der Waals surface area contributed by atoms with Crippen molar-refractivity contribution < 1.29 is 9.15 Å².